The van der Waals surface area contributed by atoms with E-state index in [9.17, 15) is 14.7 Å². The highest BCUT2D eigenvalue weighted by atomic mass is 19.1. The first-order valence-corrected chi connectivity index (χ1v) is 12.6. The van der Waals surface area contributed by atoms with E-state index in [4.69, 9.17) is 5.73 Å². The monoisotopic (exact) mass is 519 g/mol. The number of aryl methyl sites for hydroxylation is 1. The molecule has 2 fully saturated rings. The van der Waals surface area contributed by atoms with Crippen LogP contribution in [0.3, 0.4) is 0 Å². The molecule has 0 bridgehead atoms. The average Bonchev–Trinajstić information content (AvgIpc) is 3.35. The number of anilines is 1. The molecule has 3 atom stereocenters. The second-order valence-electron chi connectivity index (χ2n) is 9.85. The van der Waals surface area contributed by atoms with Crippen LogP contribution in [-0.2, 0) is 4.79 Å². The Hall–Kier alpha value is -4.17. The number of rotatable bonds is 6. The summed E-state index contributed by atoms with van der Waals surface area (Å²) in [5.41, 5.74) is 7.37. The van der Waals surface area contributed by atoms with E-state index in [-0.39, 0.29) is 35.3 Å². The van der Waals surface area contributed by atoms with Crippen molar-refractivity contribution in [3.8, 4) is 11.8 Å². The fourth-order valence-electron chi connectivity index (χ4n) is 5.36. The smallest absolute Gasteiger partial charge is 0.255 e. The summed E-state index contributed by atoms with van der Waals surface area (Å²) in [5, 5.41) is 17.8. The molecule has 1 saturated carbocycles. The number of halogens is 1. The van der Waals surface area contributed by atoms with Gasteiger partial charge in [-0.25, -0.2) is 14.1 Å². The highest BCUT2D eigenvalue weighted by molar-refractivity contribution is 6.00. The van der Waals surface area contributed by atoms with Crippen molar-refractivity contribution in [3.05, 3.63) is 53.3 Å². The van der Waals surface area contributed by atoms with Crippen molar-refractivity contribution in [1.82, 2.24) is 24.2 Å². The number of hydrogen-bond donors (Lipinski definition) is 3. The number of aromatic nitrogens is 4. The van der Waals surface area contributed by atoms with E-state index < -0.39 is 23.9 Å². The number of primary amides is 1. The Morgan fingerprint density at radius 1 is 1.32 bits per heavy atom. The SMILES string of the molecule is C=CC(=O)N1C[C@@H](n2nc(C#Cc3cc4nc(C)n(C5CC5)c4cc3F)c(C(N)=O)c2NC)C[C@@H]1[C@H](C)O. The zero-order valence-electron chi connectivity index (χ0n) is 21.5. The van der Waals surface area contributed by atoms with E-state index in [0.29, 0.717) is 23.8 Å². The van der Waals surface area contributed by atoms with Gasteiger partial charge in [-0.15, -0.1) is 0 Å². The number of carbonyl (C=O) groups is 2. The highest BCUT2D eigenvalue weighted by Crippen LogP contribution is 2.39. The van der Waals surface area contributed by atoms with E-state index in [1.807, 2.05) is 6.92 Å². The normalized spacial score (nSPS) is 19.8. The van der Waals surface area contributed by atoms with Crippen LogP contribution in [0.4, 0.5) is 10.2 Å². The maximum Gasteiger partial charge on any atom is 0.255 e. The van der Waals surface area contributed by atoms with Gasteiger partial charge < -0.3 is 25.6 Å². The second-order valence-corrected chi connectivity index (χ2v) is 9.85. The van der Waals surface area contributed by atoms with Crippen LogP contribution in [0.15, 0.2) is 24.8 Å². The number of hydrogen-bond acceptors (Lipinski definition) is 6. The summed E-state index contributed by atoms with van der Waals surface area (Å²) < 4.78 is 18.7. The van der Waals surface area contributed by atoms with Crippen LogP contribution in [0, 0.1) is 24.6 Å². The van der Waals surface area contributed by atoms with Crippen molar-refractivity contribution in [1.29, 1.82) is 0 Å². The van der Waals surface area contributed by atoms with Crippen LogP contribution >= 0.6 is 0 Å². The molecule has 4 N–H and O–H groups in total. The van der Waals surface area contributed by atoms with Gasteiger partial charge in [-0.3, -0.25) is 9.59 Å². The van der Waals surface area contributed by atoms with Crippen molar-refractivity contribution in [3.63, 3.8) is 0 Å². The number of aliphatic hydroxyl groups excluding tert-OH is 1. The molecule has 5 rings (SSSR count). The molecule has 11 heteroatoms. The molecular formula is C27H30FN7O3. The molecule has 1 saturated heterocycles. The predicted octanol–water partition coefficient (Wildman–Crippen LogP) is 2.26. The van der Waals surface area contributed by atoms with Gasteiger partial charge in [-0.2, -0.15) is 5.10 Å². The maximum atomic E-state index is 15.1. The van der Waals surface area contributed by atoms with Gasteiger partial charge >= 0.3 is 0 Å². The standard InChI is InChI=1S/C27H30FN7O3/c1-5-24(37)33-13-18(11-22(33)14(2)36)35-27(30-4)25(26(29)38)20(32-35)9-6-16-10-21-23(12-19(16)28)34(15(3)31-21)17-7-8-17/h5,10,12,14,17-18,22,30,36H,1,7-8,11,13H2,2-4H3,(H2,29,38)/t14-,18-,22+/m0/s1. The fourth-order valence-corrected chi connectivity index (χ4v) is 5.36. The van der Waals surface area contributed by atoms with Crippen LogP contribution in [0.2, 0.25) is 0 Å². The molecular weight excluding hydrogens is 489 g/mol. The zero-order valence-corrected chi connectivity index (χ0v) is 21.5. The van der Waals surface area contributed by atoms with Crippen LogP contribution < -0.4 is 11.1 Å². The van der Waals surface area contributed by atoms with Crippen LogP contribution in [0.5, 0.6) is 0 Å². The second kappa shape index (κ2) is 9.61. The molecule has 10 nitrogen and oxygen atoms in total. The number of carbonyl (C=O) groups excluding carboxylic acids is 2. The number of nitrogens with zero attached hydrogens (tertiary/aromatic N) is 5. The van der Waals surface area contributed by atoms with E-state index in [0.717, 1.165) is 24.2 Å². The summed E-state index contributed by atoms with van der Waals surface area (Å²) in [7, 11) is 1.62. The minimum absolute atomic E-state index is 0.0671. The topological polar surface area (TPSA) is 131 Å². The first kappa shape index (κ1) is 25.5. The number of aliphatic hydroxyl groups is 1. The average molecular weight is 520 g/mol. The van der Waals surface area contributed by atoms with Crippen molar-refractivity contribution in [2.24, 2.45) is 5.73 Å². The lowest BCUT2D eigenvalue weighted by molar-refractivity contribution is -0.128. The maximum absolute atomic E-state index is 15.1. The number of imidazole rings is 1. The van der Waals surface area contributed by atoms with Crippen molar-refractivity contribution < 1.29 is 19.1 Å². The summed E-state index contributed by atoms with van der Waals surface area (Å²) in [6, 6.07) is 2.60. The van der Waals surface area contributed by atoms with Crippen molar-refractivity contribution in [2.45, 2.75) is 57.3 Å². The highest BCUT2D eigenvalue weighted by Gasteiger charge is 2.40. The molecule has 38 heavy (non-hydrogen) atoms. The fraction of sp³-hybridized carbons (Fsp3) is 0.407. The van der Waals surface area contributed by atoms with E-state index in [1.54, 1.807) is 24.7 Å². The Labute approximate surface area is 219 Å². The molecule has 2 amide bonds. The molecule has 1 aromatic carbocycles. The lowest BCUT2D eigenvalue weighted by Crippen LogP contribution is -2.40. The van der Waals surface area contributed by atoms with Crippen molar-refractivity contribution >= 4 is 28.7 Å². The van der Waals surface area contributed by atoms with Crippen LogP contribution in [0.25, 0.3) is 11.0 Å². The third kappa shape index (κ3) is 4.31. The Balaban J connectivity index is 1.54. The zero-order chi connectivity index (χ0) is 27.3. The minimum atomic E-state index is -0.780. The molecule has 0 spiro atoms. The number of benzene rings is 1. The molecule has 3 heterocycles. The van der Waals surface area contributed by atoms with Gasteiger partial charge in [0, 0.05) is 25.7 Å². The number of fused-ring (bicyclic) bond motifs is 1. The molecule has 0 radical (unpaired) electrons. The number of nitrogens with one attached hydrogen (secondary N) is 1. The molecule has 198 valence electrons. The van der Waals surface area contributed by atoms with Gasteiger partial charge in [-0.05, 0) is 51.2 Å². The van der Waals surface area contributed by atoms with Crippen molar-refractivity contribution in [2.75, 3.05) is 18.9 Å². The summed E-state index contributed by atoms with van der Waals surface area (Å²) in [6.07, 6.45) is 2.93. The first-order chi connectivity index (χ1) is 18.1. The Morgan fingerprint density at radius 2 is 2.05 bits per heavy atom. The Kier molecular flexibility index (Phi) is 6.44. The largest absolute Gasteiger partial charge is 0.391 e. The van der Waals surface area contributed by atoms with Crippen LogP contribution in [0.1, 0.15) is 65.7 Å². The number of likely N-dealkylation sites (tertiary alicyclic amines) is 1. The predicted molar refractivity (Wildman–Crippen MR) is 140 cm³/mol. The third-order valence-electron chi connectivity index (χ3n) is 7.26. The summed E-state index contributed by atoms with van der Waals surface area (Å²) in [6.45, 7) is 7.31. The summed E-state index contributed by atoms with van der Waals surface area (Å²) in [4.78, 5) is 31.0. The number of nitrogens with two attached hydrogens (primary N) is 1. The van der Waals surface area contributed by atoms with E-state index in [2.05, 4.69) is 38.4 Å². The molecule has 1 aliphatic heterocycles. The van der Waals surface area contributed by atoms with E-state index in [1.165, 1.54) is 17.0 Å². The lowest BCUT2D eigenvalue weighted by Gasteiger charge is -2.25. The van der Waals surface area contributed by atoms with E-state index >= 15 is 4.39 Å². The molecule has 2 aromatic heterocycles. The van der Waals surface area contributed by atoms with Gasteiger partial charge in [0.25, 0.3) is 5.91 Å². The van der Waals surface area contributed by atoms with Gasteiger partial charge in [0.05, 0.1) is 34.8 Å². The number of amides is 2. The Morgan fingerprint density at radius 3 is 2.66 bits per heavy atom. The van der Waals surface area contributed by atoms with Gasteiger partial charge in [0.1, 0.15) is 23.0 Å². The quantitative estimate of drug-likeness (QED) is 0.338. The molecule has 2 aliphatic rings. The third-order valence-corrected chi connectivity index (χ3v) is 7.26. The Bertz CT molecular complexity index is 1520. The summed E-state index contributed by atoms with van der Waals surface area (Å²) >= 11 is 0. The van der Waals surface area contributed by atoms with Gasteiger partial charge in [-0.1, -0.05) is 12.5 Å². The first-order valence-electron chi connectivity index (χ1n) is 12.6. The van der Waals surface area contributed by atoms with Gasteiger partial charge in [0.15, 0.2) is 5.69 Å². The van der Waals surface area contributed by atoms with Crippen LogP contribution in [-0.4, -0.2) is 66.9 Å². The summed E-state index contributed by atoms with van der Waals surface area (Å²) in [5.74, 6) is 5.25. The molecule has 0 unspecified atom stereocenters. The lowest BCUT2D eigenvalue weighted by atomic mass is 10.1. The molecule has 1 aliphatic carbocycles. The van der Waals surface area contributed by atoms with Gasteiger partial charge in [0.2, 0.25) is 5.91 Å². The minimum Gasteiger partial charge on any atom is -0.391 e. The molecule has 3 aromatic rings.